The maximum atomic E-state index is 12.8. The molecule has 2 nitrogen and oxygen atoms in total. The van der Waals surface area contributed by atoms with Crippen molar-refractivity contribution in [1.82, 2.24) is 0 Å². The molecule has 27 heavy (non-hydrogen) atoms. The van der Waals surface area contributed by atoms with Gasteiger partial charge in [0.25, 0.3) is 5.91 Å². The molecule has 2 heterocycles. The first kappa shape index (κ1) is 18.6. The summed E-state index contributed by atoms with van der Waals surface area (Å²) in [5, 5.41) is 2.60. The van der Waals surface area contributed by atoms with E-state index in [4.69, 9.17) is 0 Å². The Kier molecular flexibility index (Phi) is 4.84. The number of thiophene rings is 1. The van der Waals surface area contributed by atoms with Crippen LogP contribution in [0, 0.1) is 5.92 Å². The summed E-state index contributed by atoms with van der Waals surface area (Å²) in [6.07, 6.45) is 0.856. The molecule has 0 spiro atoms. The number of hydrogen-bond acceptors (Lipinski definition) is 3. The Morgan fingerprint density at radius 2 is 2.07 bits per heavy atom. The summed E-state index contributed by atoms with van der Waals surface area (Å²) in [5.41, 5.74) is 2.17. The summed E-state index contributed by atoms with van der Waals surface area (Å²) in [4.78, 5) is 15.7. The summed E-state index contributed by atoms with van der Waals surface area (Å²) in [6, 6.07) is 4.72. The van der Waals surface area contributed by atoms with Gasteiger partial charge in [-0.15, -0.1) is 23.1 Å². The molecule has 4 rings (SSSR count). The number of fused-ring (bicyclic) bond motifs is 3. The quantitative estimate of drug-likeness (QED) is 0.648. The highest BCUT2D eigenvalue weighted by Gasteiger charge is 2.31. The number of hydrogen-bond donors (Lipinski definition) is 1. The number of nitrogens with one attached hydrogen (secondary N) is 1. The molecule has 1 N–H and O–H groups in total. The van der Waals surface area contributed by atoms with Crippen molar-refractivity contribution < 1.29 is 18.0 Å². The third-order valence-corrected chi connectivity index (χ3v) is 7.25. The van der Waals surface area contributed by atoms with Crippen LogP contribution in [0.1, 0.15) is 39.8 Å². The van der Waals surface area contributed by atoms with E-state index in [1.54, 1.807) is 11.3 Å². The summed E-state index contributed by atoms with van der Waals surface area (Å²) < 4.78 is 38.5. The first-order chi connectivity index (χ1) is 12.8. The Labute approximate surface area is 163 Å². The van der Waals surface area contributed by atoms with Crippen molar-refractivity contribution in [3.05, 3.63) is 55.6 Å². The zero-order valence-corrected chi connectivity index (χ0v) is 16.3. The summed E-state index contributed by atoms with van der Waals surface area (Å²) in [5.74, 6) is 1.08. The molecule has 0 saturated carbocycles. The smallest absolute Gasteiger partial charge is 0.322 e. The van der Waals surface area contributed by atoms with Gasteiger partial charge in [-0.3, -0.25) is 4.79 Å². The minimum Gasteiger partial charge on any atom is -0.322 e. The van der Waals surface area contributed by atoms with Crippen LogP contribution in [0.25, 0.3) is 6.08 Å². The molecule has 1 atom stereocenters. The zero-order chi connectivity index (χ0) is 19.2. The Hall–Kier alpha value is -1.73. The van der Waals surface area contributed by atoms with Crippen molar-refractivity contribution in [2.75, 3.05) is 5.32 Å². The number of anilines is 1. The summed E-state index contributed by atoms with van der Waals surface area (Å²) in [7, 11) is 0. The largest absolute Gasteiger partial charge is 0.416 e. The fourth-order valence-corrected chi connectivity index (χ4v) is 6.18. The number of carbonyl (C=O) groups is 1. The standard InChI is InChI=1S/C20H18F3NOS2/c1-11-5-6-14-15-10-26-18(9-17(15)27-16(14)7-11)19(25)24-13-4-2-3-12(8-13)20(21,22)23/h2-4,8-9,11H,5-7,10H2,1H3,(H,24,25)/t11-/m1/s1. The predicted molar refractivity (Wildman–Crippen MR) is 105 cm³/mol. The molecule has 1 aromatic heterocycles. The molecule has 0 unspecified atom stereocenters. The van der Waals surface area contributed by atoms with Gasteiger partial charge >= 0.3 is 6.18 Å². The van der Waals surface area contributed by atoms with Crippen molar-refractivity contribution in [3.8, 4) is 0 Å². The molecule has 1 aliphatic heterocycles. The SMILES string of the molecule is C[C@@H]1CCc2c(sc3c2CSC(C(=O)Nc2cccc(C(F)(F)F)c2)=C3)C1. The van der Waals surface area contributed by atoms with Gasteiger partial charge in [0.2, 0.25) is 0 Å². The number of thioether (sulfide) groups is 1. The molecule has 0 fully saturated rings. The van der Waals surface area contributed by atoms with Crippen LogP contribution in [0.15, 0.2) is 29.2 Å². The van der Waals surface area contributed by atoms with Gasteiger partial charge in [0.05, 0.1) is 10.5 Å². The van der Waals surface area contributed by atoms with Crippen LogP contribution in [0.3, 0.4) is 0 Å². The number of amides is 1. The van der Waals surface area contributed by atoms with E-state index in [1.165, 1.54) is 46.3 Å². The molecule has 2 aromatic rings. The fourth-order valence-electron chi connectivity index (χ4n) is 3.52. The van der Waals surface area contributed by atoms with Crippen LogP contribution in [0.4, 0.5) is 18.9 Å². The lowest BCUT2D eigenvalue weighted by Gasteiger charge is -2.20. The molecule has 142 valence electrons. The molecule has 0 radical (unpaired) electrons. The molecule has 1 aromatic carbocycles. The van der Waals surface area contributed by atoms with Gasteiger partial charge in [0.15, 0.2) is 0 Å². The van der Waals surface area contributed by atoms with Gasteiger partial charge < -0.3 is 5.32 Å². The summed E-state index contributed by atoms with van der Waals surface area (Å²) >= 11 is 3.21. The van der Waals surface area contributed by atoms with Gasteiger partial charge in [0, 0.05) is 21.2 Å². The zero-order valence-electron chi connectivity index (χ0n) is 14.7. The fraction of sp³-hybridized carbons (Fsp3) is 0.350. The van der Waals surface area contributed by atoms with E-state index in [9.17, 15) is 18.0 Å². The van der Waals surface area contributed by atoms with Gasteiger partial charge in [-0.2, -0.15) is 13.2 Å². The highest BCUT2D eigenvalue weighted by Crippen LogP contribution is 2.43. The third kappa shape index (κ3) is 3.80. The first-order valence-corrected chi connectivity index (χ1v) is 10.6. The minimum atomic E-state index is -4.43. The second-order valence-corrected chi connectivity index (χ2v) is 9.18. The van der Waals surface area contributed by atoms with E-state index in [0.717, 1.165) is 35.6 Å². The Balaban J connectivity index is 1.55. The van der Waals surface area contributed by atoms with Crippen LogP contribution in [0.2, 0.25) is 0 Å². The van der Waals surface area contributed by atoms with Crippen LogP contribution >= 0.6 is 23.1 Å². The van der Waals surface area contributed by atoms with E-state index < -0.39 is 11.7 Å². The van der Waals surface area contributed by atoms with Gasteiger partial charge in [0.1, 0.15) is 0 Å². The maximum absolute atomic E-state index is 12.8. The minimum absolute atomic E-state index is 0.154. The lowest BCUT2D eigenvalue weighted by molar-refractivity contribution is -0.137. The van der Waals surface area contributed by atoms with E-state index in [-0.39, 0.29) is 11.6 Å². The Morgan fingerprint density at radius 1 is 1.26 bits per heavy atom. The average Bonchev–Trinajstić information content (AvgIpc) is 2.97. The topological polar surface area (TPSA) is 29.1 Å². The van der Waals surface area contributed by atoms with E-state index in [1.807, 2.05) is 6.08 Å². The predicted octanol–water partition coefficient (Wildman–Crippen LogP) is 6.12. The third-order valence-electron chi connectivity index (χ3n) is 4.96. The van der Waals surface area contributed by atoms with Crippen molar-refractivity contribution in [3.63, 3.8) is 0 Å². The molecular weight excluding hydrogens is 391 g/mol. The molecule has 1 amide bonds. The van der Waals surface area contributed by atoms with Crippen LogP contribution in [-0.4, -0.2) is 5.91 Å². The van der Waals surface area contributed by atoms with Gasteiger partial charge in [-0.25, -0.2) is 0 Å². The summed E-state index contributed by atoms with van der Waals surface area (Å²) in [6.45, 7) is 2.26. The molecular formula is C20H18F3NOS2. The lowest BCUT2D eigenvalue weighted by atomic mass is 9.88. The first-order valence-electron chi connectivity index (χ1n) is 8.78. The lowest BCUT2D eigenvalue weighted by Crippen LogP contribution is -2.15. The molecule has 0 bridgehead atoms. The van der Waals surface area contributed by atoms with E-state index in [2.05, 4.69) is 12.2 Å². The number of carbonyl (C=O) groups excluding carboxylic acids is 1. The molecule has 7 heteroatoms. The number of rotatable bonds is 2. The Bertz CT molecular complexity index is 930. The highest BCUT2D eigenvalue weighted by atomic mass is 32.2. The molecule has 0 saturated heterocycles. The molecule has 1 aliphatic carbocycles. The number of halogens is 3. The van der Waals surface area contributed by atoms with Crippen LogP contribution in [0.5, 0.6) is 0 Å². The van der Waals surface area contributed by atoms with Crippen molar-refractivity contribution in [2.45, 2.75) is 38.1 Å². The second-order valence-electron chi connectivity index (χ2n) is 7.02. The van der Waals surface area contributed by atoms with Crippen molar-refractivity contribution in [2.24, 2.45) is 5.92 Å². The maximum Gasteiger partial charge on any atom is 0.416 e. The average molecular weight is 409 g/mol. The monoisotopic (exact) mass is 409 g/mol. The normalized spacial score (nSPS) is 19.1. The van der Waals surface area contributed by atoms with Gasteiger partial charge in [-0.1, -0.05) is 13.0 Å². The van der Waals surface area contributed by atoms with E-state index in [0.29, 0.717) is 10.8 Å². The van der Waals surface area contributed by atoms with Crippen LogP contribution < -0.4 is 5.32 Å². The van der Waals surface area contributed by atoms with Crippen LogP contribution in [-0.2, 0) is 29.6 Å². The highest BCUT2D eigenvalue weighted by molar-refractivity contribution is 8.03. The van der Waals surface area contributed by atoms with Gasteiger partial charge in [-0.05, 0) is 60.6 Å². The second kappa shape index (κ2) is 7.02. The van der Waals surface area contributed by atoms with Crippen molar-refractivity contribution in [1.29, 1.82) is 0 Å². The molecule has 2 aliphatic rings. The number of benzene rings is 1. The number of alkyl halides is 3. The van der Waals surface area contributed by atoms with Crippen molar-refractivity contribution >= 4 is 40.8 Å². The Morgan fingerprint density at radius 3 is 2.85 bits per heavy atom. The van der Waals surface area contributed by atoms with E-state index >= 15 is 0 Å².